The van der Waals surface area contributed by atoms with Crippen molar-refractivity contribution >= 4 is 17.8 Å². The average molecular weight is 402 g/mol. The lowest BCUT2D eigenvalue weighted by atomic mass is 10.1. The zero-order valence-corrected chi connectivity index (χ0v) is 16.7. The van der Waals surface area contributed by atoms with Crippen LogP contribution in [0.5, 0.6) is 0 Å². The number of rotatable bonds is 11. The Balaban J connectivity index is 1.63. The second kappa shape index (κ2) is 11.6. The topological polar surface area (TPSA) is 108 Å². The fraction of sp³-hybridized carbons (Fsp3) is 0.429. The molecule has 8 nitrogen and oxygen atoms in total. The van der Waals surface area contributed by atoms with E-state index in [9.17, 15) is 14.4 Å². The minimum absolute atomic E-state index is 0.0595. The van der Waals surface area contributed by atoms with E-state index in [1.807, 2.05) is 31.2 Å². The average Bonchev–Trinajstić information content (AvgIpc) is 3.18. The highest BCUT2D eigenvalue weighted by molar-refractivity contribution is 5.80. The Morgan fingerprint density at radius 3 is 2.52 bits per heavy atom. The summed E-state index contributed by atoms with van der Waals surface area (Å²) in [5.74, 6) is -0.163. The first-order valence-electron chi connectivity index (χ1n) is 9.57. The highest BCUT2D eigenvalue weighted by atomic mass is 16.5. The molecule has 0 saturated carbocycles. The summed E-state index contributed by atoms with van der Waals surface area (Å²) in [7, 11) is 0. The number of ether oxygens (including phenoxy) is 2. The minimum Gasteiger partial charge on any atom is -0.466 e. The zero-order valence-electron chi connectivity index (χ0n) is 16.7. The maximum atomic E-state index is 11.8. The van der Waals surface area contributed by atoms with Gasteiger partial charge in [-0.15, -0.1) is 0 Å². The molecule has 0 atom stereocenters. The molecule has 0 bridgehead atoms. The van der Waals surface area contributed by atoms with E-state index in [1.54, 1.807) is 13.1 Å². The van der Waals surface area contributed by atoms with Crippen molar-refractivity contribution in [1.82, 2.24) is 10.3 Å². The van der Waals surface area contributed by atoms with Crippen LogP contribution in [0.25, 0.3) is 11.3 Å². The number of aromatic nitrogens is 1. The van der Waals surface area contributed by atoms with Crippen LogP contribution >= 0.6 is 0 Å². The third kappa shape index (κ3) is 8.16. The van der Waals surface area contributed by atoms with E-state index < -0.39 is 11.9 Å². The molecule has 1 aromatic heterocycles. The molecule has 0 saturated heterocycles. The molecule has 0 radical (unpaired) electrons. The van der Waals surface area contributed by atoms with Gasteiger partial charge in [0.1, 0.15) is 0 Å². The van der Waals surface area contributed by atoms with Gasteiger partial charge in [-0.2, -0.15) is 0 Å². The molecule has 156 valence electrons. The highest BCUT2D eigenvalue weighted by Crippen LogP contribution is 2.21. The first kappa shape index (κ1) is 22.1. The first-order valence-corrected chi connectivity index (χ1v) is 9.57. The van der Waals surface area contributed by atoms with Gasteiger partial charge in [0.25, 0.3) is 5.91 Å². The van der Waals surface area contributed by atoms with Gasteiger partial charge in [-0.1, -0.05) is 29.8 Å². The number of aryl methyl sites for hydroxylation is 2. The number of amides is 1. The molecule has 0 fully saturated rings. The van der Waals surface area contributed by atoms with Crippen LogP contribution in [0.1, 0.15) is 37.6 Å². The van der Waals surface area contributed by atoms with Gasteiger partial charge < -0.3 is 19.2 Å². The van der Waals surface area contributed by atoms with E-state index in [4.69, 9.17) is 13.9 Å². The fourth-order valence-corrected chi connectivity index (χ4v) is 2.45. The molecule has 1 heterocycles. The molecule has 0 unspecified atom stereocenters. The lowest BCUT2D eigenvalue weighted by Crippen LogP contribution is -2.30. The molecular weight excluding hydrogens is 376 g/mol. The van der Waals surface area contributed by atoms with Crippen LogP contribution in [-0.2, 0) is 30.3 Å². The number of benzene rings is 1. The summed E-state index contributed by atoms with van der Waals surface area (Å²) >= 11 is 0. The molecule has 0 spiro atoms. The summed E-state index contributed by atoms with van der Waals surface area (Å²) in [6, 6.07) is 7.85. The molecule has 1 N–H and O–H groups in total. The molecule has 2 aromatic rings. The predicted molar refractivity (Wildman–Crippen MR) is 105 cm³/mol. The molecule has 0 aliphatic rings. The monoisotopic (exact) mass is 402 g/mol. The van der Waals surface area contributed by atoms with E-state index in [2.05, 4.69) is 10.3 Å². The number of hydrogen-bond donors (Lipinski definition) is 1. The summed E-state index contributed by atoms with van der Waals surface area (Å²) in [5, 5.41) is 2.58. The van der Waals surface area contributed by atoms with Gasteiger partial charge in [-0.05, 0) is 20.3 Å². The van der Waals surface area contributed by atoms with Crippen molar-refractivity contribution in [2.24, 2.45) is 0 Å². The highest BCUT2D eigenvalue weighted by Gasteiger charge is 2.11. The Morgan fingerprint density at radius 2 is 1.79 bits per heavy atom. The lowest BCUT2D eigenvalue weighted by Gasteiger charge is -2.06. The van der Waals surface area contributed by atoms with Gasteiger partial charge in [0, 0.05) is 24.9 Å². The van der Waals surface area contributed by atoms with Gasteiger partial charge in [0.2, 0.25) is 0 Å². The van der Waals surface area contributed by atoms with Gasteiger partial charge in [-0.25, -0.2) is 4.98 Å². The SMILES string of the molecule is CCOC(=O)CCCNC(=O)COC(=O)CCc1ncc(-c2ccc(C)cc2)o1. The van der Waals surface area contributed by atoms with Crippen molar-refractivity contribution in [1.29, 1.82) is 0 Å². The van der Waals surface area contributed by atoms with Gasteiger partial charge >= 0.3 is 11.9 Å². The minimum atomic E-state index is -0.512. The van der Waals surface area contributed by atoms with E-state index in [1.165, 1.54) is 0 Å². The van der Waals surface area contributed by atoms with Crippen molar-refractivity contribution in [2.75, 3.05) is 19.8 Å². The van der Waals surface area contributed by atoms with Crippen molar-refractivity contribution in [3.05, 3.63) is 41.9 Å². The van der Waals surface area contributed by atoms with E-state index in [0.717, 1.165) is 11.1 Å². The maximum Gasteiger partial charge on any atom is 0.306 e. The molecular formula is C21H26N2O6. The number of carbonyl (C=O) groups excluding carboxylic acids is 3. The summed E-state index contributed by atoms with van der Waals surface area (Å²) in [6.07, 6.45) is 2.66. The molecule has 0 aliphatic carbocycles. The number of hydrogen-bond acceptors (Lipinski definition) is 7. The van der Waals surface area contributed by atoms with E-state index in [0.29, 0.717) is 31.2 Å². The summed E-state index contributed by atoms with van der Waals surface area (Å²) in [4.78, 5) is 38.8. The predicted octanol–water partition coefficient (Wildman–Crippen LogP) is 2.59. The maximum absolute atomic E-state index is 11.8. The van der Waals surface area contributed by atoms with Gasteiger partial charge in [0.15, 0.2) is 18.3 Å². The Bertz CT molecular complexity index is 813. The van der Waals surface area contributed by atoms with Crippen LogP contribution in [0, 0.1) is 6.92 Å². The van der Waals surface area contributed by atoms with E-state index >= 15 is 0 Å². The fourth-order valence-electron chi connectivity index (χ4n) is 2.45. The molecule has 29 heavy (non-hydrogen) atoms. The number of carbonyl (C=O) groups is 3. The zero-order chi connectivity index (χ0) is 21.1. The molecule has 1 aromatic carbocycles. The van der Waals surface area contributed by atoms with Crippen molar-refractivity contribution < 1.29 is 28.3 Å². The number of oxazole rings is 1. The normalized spacial score (nSPS) is 10.4. The first-order chi connectivity index (χ1) is 14.0. The smallest absolute Gasteiger partial charge is 0.306 e. The van der Waals surface area contributed by atoms with Crippen molar-refractivity contribution in [2.45, 2.75) is 39.5 Å². The van der Waals surface area contributed by atoms with Gasteiger partial charge in [-0.3, -0.25) is 14.4 Å². The van der Waals surface area contributed by atoms with Crippen LogP contribution in [0.3, 0.4) is 0 Å². The van der Waals surface area contributed by atoms with Crippen LogP contribution in [0.4, 0.5) is 0 Å². The number of nitrogens with one attached hydrogen (secondary N) is 1. The second-order valence-corrected chi connectivity index (χ2v) is 6.40. The Morgan fingerprint density at radius 1 is 1.07 bits per heavy atom. The number of nitrogens with zero attached hydrogens (tertiary/aromatic N) is 1. The summed E-state index contributed by atoms with van der Waals surface area (Å²) in [5.41, 5.74) is 2.07. The van der Waals surface area contributed by atoms with Gasteiger partial charge in [0.05, 0.1) is 19.2 Å². The van der Waals surface area contributed by atoms with Crippen LogP contribution < -0.4 is 5.32 Å². The van der Waals surface area contributed by atoms with Crippen molar-refractivity contribution in [3.8, 4) is 11.3 Å². The van der Waals surface area contributed by atoms with Crippen LogP contribution in [-0.4, -0.2) is 42.6 Å². The van der Waals surface area contributed by atoms with Crippen LogP contribution in [0.2, 0.25) is 0 Å². The summed E-state index contributed by atoms with van der Waals surface area (Å²) < 4.78 is 15.4. The standard InChI is InChI=1S/C21H26N2O6/c1-3-27-20(25)5-4-12-22-18(24)14-28-21(26)11-10-19-23-13-17(29-19)16-8-6-15(2)7-9-16/h6-9,13H,3-5,10-12,14H2,1-2H3,(H,22,24). The second-order valence-electron chi connectivity index (χ2n) is 6.40. The Hall–Kier alpha value is -3.16. The largest absolute Gasteiger partial charge is 0.466 e. The van der Waals surface area contributed by atoms with Crippen molar-refractivity contribution in [3.63, 3.8) is 0 Å². The Kier molecular flexibility index (Phi) is 8.88. The lowest BCUT2D eigenvalue weighted by molar-refractivity contribution is -0.148. The Labute approximate surface area is 169 Å². The third-order valence-electron chi connectivity index (χ3n) is 3.98. The molecule has 1 amide bonds. The summed E-state index contributed by atoms with van der Waals surface area (Å²) in [6.45, 7) is 4.03. The third-order valence-corrected chi connectivity index (χ3v) is 3.98. The van der Waals surface area contributed by atoms with E-state index in [-0.39, 0.29) is 31.8 Å². The molecule has 0 aliphatic heterocycles. The van der Waals surface area contributed by atoms with Crippen LogP contribution in [0.15, 0.2) is 34.9 Å². The number of esters is 2. The molecule has 8 heteroatoms. The molecule has 2 rings (SSSR count). The quantitative estimate of drug-likeness (QED) is 0.455.